The van der Waals surface area contributed by atoms with Gasteiger partial charge < -0.3 is 20.8 Å². The van der Waals surface area contributed by atoms with Crippen molar-refractivity contribution < 1.29 is 57.8 Å². The molecule has 6 N–H and O–H groups in total. The van der Waals surface area contributed by atoms with Crippen molar-refractivity contribution in [1.29, 1.82) is 0 Å². The maximum Gasteiger partial charge on any atom is 0.323 e. The molecular formula is C35H26N4O13S4. The highest BCUT2D eigenvalue weighted by atomic mass is 32.2. The Morgan fingerprint density at radius 2 is 0.929 bits per heavy atom. The number of aromatic hydroxyl groups is 2. The lowest BCUT2D eigenvalue weighted by atomic mass is 10.1. The average Bonchev–Trinajstić information content (AvgIpc) is 3.34. The van der Waals surface area contributed by atoms with Crippen LogP contribution in [0.25, 0.3) is 21.5 Å². The minimum absolute atomic E-state index is 0.125. The standard InChI is InChI=1S/C35H26N4O13S4/c1-17-9-13-23-29(33(17)53(43,44)38(23)21-7-3-5-19-11-15-25(55(47,48)49)31(40)27(19)21)36-35(42)37-30-24-14-10-18(2)34(30)54(45,46)39(24)22-8-4-6-20-12-16-26(56(50,51)52)32(41)28(20)22/h3-16,40-41H,1-2H3,(H2,36,37,42)(H,47,48,49)(H,50,51,52). The molecule has 0 saturated carbocycles. The first kappa shape index (κ1) is 37.0. The van der Waals surface area contributed by atoms with Crippen LogP contribution < -0.4 is 19.2 Å². The molecular weight excluding hydrogens is 813 g/mol. The molecule has 2 amide bonds. The predicted molar refractivity (Wildman–Crippen MR) is 205 cm³/mol. The van der Waals surface area contributed by atoms with E-state index in [-0.39, 0.29) is 76.6 Å². The molecule has 2 aliphatic heterocycles. The van der Waals surface area contributed by atoms with Crippen LogP contribution in [0.5, 0.6) is 11.5 Å². The van der Waals surface area contributed by atoms with E-state index < -0.39 is 67.6 Å². The lowest BCUT2D eigenvalue weighted by Crippen LogP contribution is -2.21. The van der Waals surface area contributed by atoms with Gasteiger partial charge in [0.25, 0.3) is 40.3 Å². The van der Waals surface area contributed by atoms with Gasteiger partial charge in [-0.05, 0) is 72.1 Å². The number of urea groups is 1. The number of nitrogens with zero attached hydrogens (tertiary/aromatic N) is 2. The third-order valence-electron chi connectivity index (χ3n) is 9.49. The Balaban J connectivity index is 1.23. The van der Waals surface area contributed by atoms with Crippen molar-refractivity contribution in [2.75, 3.05) is 19.2 Å². The van der Waals surface area contributed by atoms with Crippen molar-refractivity contribution in [3.05, 3.63) is 96.1 Å². The number of benzene rings is 6. The number of anilines is 6. The highest BCUT2D eigenvalue weighted by molar-refractivity contribution is 7.94. The predicted octanol–water partition coefficient (Wildman–Crippen LogP) is 5.84. The van der Waals surface area contributed by atoms with Gasteiger partial charge in [-0.2, -0.15) is 16.8 Å². The van der Waals surface area contributed by atoms with Crippen LogP contribution in [0.1, 0.15) is 11.1 Å². The first-order valence-electron chi connectivity index (χ1n) is 16.1. The minimum atomic E-state index is -4.94. The molecule has 2 heterocycles. The first-order valence-corrected chi connectivity index (χ1v) is 21.8. The SMILES string of the molecule is Cc1ccc2c(NC(=O)Nc3c4ccc(C)c3S(=O)(=O)N4c3cccc4ccc(S(=O)(=O)O)c(O)c34)c1S(=O)(=O)N2c1cccc2ccc(S(=O)(=O)O)c(O)c12. The number of carbonyl (C=O) groups is 1. The van der Waals surface area contributed by atoms with E-state index in [4.69, 9.17) is 0 Å². The van der Waals surface area contributed by atoms with Crippen LogP contribution in [0.3, 0.4) is 0 Å². The van der Waals surface area contributed by atoms with Gasteiger partial charge in [0.2, 0.25) is 0 Å². The molecule has 6 aromatic carbocycles. The van der Waals surface area contributed by atoms with Crippen LogP contribution >= 0.6 is 0 Å². The van der Waals surface area contributed by atoms with Gasteiger partial charge in [0.1, 0.15) is 31.1 Å². The fourth-order valence-corrected chi connectivity index (χ4v) is 12.2. The Morgan fingerprint density at radius 1 is 0.554 bits per heavy atom. The van der Waals surface area contributed by atoms with E-state index in [1.807, 2.05) is 0 Å². The molecule has 8 rings (SSSR count). The summed E-state index contributed by atoms with van der Waals surface area (Å²) in [4.78, 5) is 11.4. The number of phenols is 2. The monoisotopic (exact) mass is 838 g/mol. The Labute approximate surface area is 318 Å². The number of aryl methyl sites for hydroxylation is 2. The number of amides is 2. The third kappa shape index (κ3) is 5.27. The number of nitrogens with one attached hydrogen (secondary N) is 2. The second kappa shape index (κ2) is 12.0. The largest absolute Gasteiger partial charge is 0.506 e. The van der Waals surface area contributed by atoms with Gasteiger partial charge in [0.05, 0.1) is 34.1 Å². The number of phenolic OH excluding ortho intramolecular Hbond substituents is 2. The van der Waals surface area contributed by atoms with E-state index in [0.717, 1.165) is 20.7 Å². The molecule has 0 radical (unpaired) electrons. The maximum absolute atomic E-state index is 14.2. The number of sulfonamides is 2. The Kier molecular flexibility index (Phi) is 7.93. The number of hydrogen-bond acceptors (Lipinski definition) is 11. The van der Waals surface area contributed by atoms with Crippen LogP contribution in [-0.2, 0) is 40.3 Å². The molecule has 21 heteroatoms. The van der Waals surface area contributed by atoms with Gasteiger partial charge >= 0.3 is 6.03 Å². The summed E-state index contributed by atoms with van der Waals surface area (Å²) < 4.78 is 126. The van der Waals surface area contributed by atoms with Crippen molar-refractivity contribution in [2.45, 2.75) is 33.4 Å². The maximum atomic E-state index is 14.2. The van der Waals surface area contributed by atoms with Gasteiger partial charge in [0.15, 0.2) is 0 Å². The first-order chi connectivity index (χ1) is 26.2. The number of fused-ring (bicyclic) bond motifs is 6. The number of carbonyl (C=O) groups excluding carboxylic acids is 1. The summed E-state index contributed by atoms with van der Waals surface area (Å²) in [5.74, 6) is -1.84. The summed E-state index contributed by atoms with van der Waals surface area (Å²) in [6, 6.07) is 17.4. The molecule has 17 nitrogen and oxygen atoms in total. The lowest BCUT2D eigenvalue weighted by molar-refractivity contribution is 0.262. The molecule has 4 bridgehead atoms. The Hall–Kier alpha value is -5.97. The molecule has 0 saturated heterocycles. The summed E-state index contributed by atoms with van der Waals surface area (Å²) in [5, 5.41) is 27.0. The van der Waals surface area contributed by atoms with E-state index >= 15 is 0 Å². The minimum Gasteiger partial charge on any atom is -0.506 e. The topological polar surface area (TPSA) is 265 Å². The van der Waals surface area contributed by atoms with Crippen molar-refractivity contribution >= 4 is 102 Å². The normalized spacial score (nSPS) is 15.4. The molecule has 0 aliphatic carbocycles. The lowest BCUT2D eigenvalue weighted by Gasteiger charge is -2.21. The van der Waals surface area contributed by atoms with Gasteiger partial charge in [-0.25, -0.2) is 30.2 Å². The third-order valence-corrected chi connectivity index (χ3v) is 15.1. The molecule has 0 spiro atoms. The molecule has 0 fully saturated rings. The van der Waals surface area contributed by atoms with E-state index in [1.165, 1.54) is 86.6 Å². The zero-order chi connectivity index (χ0) is 40.4. The molecule has 56 heavy (non-hydrogen) atoms. The Bertz CT molecular complexity index is 3050. The zero-order valence-corrected chi connectivity index (χ0v) is 31.8. The summed E-state index contributed by atoms with van der Waals surface area (Å²) in [5.41, 5.74) is -0.790. The number of rotatable bonds is 6. The summed E-state index contributed by atoms with van der Waals surface area (Å²) >= 11 is 0. The van der Waals surface area contributed by atoms with E-state index in [0.29, 0.717) is 0 Å². The fraction of sp³-hybridized carbons (Fsp3) is 0.0571. The second-order valence-electron chi connectivity index (χ2n) is 12.9. The van der Waals surface area contributed by atoms with Crippen molar-refractivity contribution in [2.24, 2.45) is 0 Å². The highest BCUT2D eigenvalue weighted by Gasteiger charge is 2.44. The van der Waals surface area contributed by atoms with E-state index in [1.54, 1.807) is 0 Å². The molecule has 6 aromatic rings. The van der Waals surface area contributed by atoms with Crippen molar-refractivity contribution in [3.63, 3.8) is 0 Å². The van der Waals surface area contributed by atoms with Gasteiger partial charge in [0, 0.05) is 10.8 Å². The van der Waals surface area contributed by atoms with Crippen LogP contribution in [0.4, 0.5) is 38.9 Å². The summed E-state index contributed by atoms with van der Waals surface area (Å²) in [6.07, 6.45) is 0. The fourth-order valence-electron chi connectivity index (χ4n) is 7.21. The van der Waals surface area contributed by atoms with E-state index in [2.05, 4.69) is 10.6 Å². The molecule has 2 aliphatic rings. The summed E-state index contributed by atoms with van der Waals surface area (Å²) in [7, 11) is -19.1. The Morgan fingerprint density at radius 3 is 1.29 bits per heavy atom. The highest BCUT2D eigenvalue weighted by Crippen LogP contribution is 2.54. The van der Waals surface area contributed by atoms with Crippen molar-refractivity contribution in [3.8, 4) is 11.5 Å². The summed E-state index contributed by atoms with van der Waals surface area (Å²) in [6.45, 7) is 2.92. The van der Waals surface area contributed by atoms with Crippen molar-refractivity contribution in [1.82, 2.24) is 0 Å². The molecule has 288 valence electrons. The molecule has 0 aromatic heterocycles. The van der Waals surface area contributed by atoms with Crippen LogP contribution in [-0.4, -0.2) is 59.0 Å². The van der Waals surface area contributed by atoms with Gasteiger partial charge in [-0.3, -0.25) is 9.11 Å². The second-order valence-corrected chi connectivity index (χ2v) is 19.1. The smallest absolute Gasteiger partial charge is 0.323 e. The quantitative estimate of drug-likeness (QED) is 0.108. The zero-order valence-electron chi connectivity index (χ0n) is 28.6. The molecule has 0 atom stereocenters. The number of hydrogen-bond donors (Lipinski definition) is 6. The average molecular weight is 839 g/mol. The van der Waals surface area contributed by atoms with Crippen LogP contribution in [0.15, 0.2) is 105 Å². The van der Waals surface area contributed by atoms with Gasteiger partial charge in [-0.1, -0.05) is 48.5 Å². The molecule has 0 unspecified atom stereocenters. The van der Waals surface area contributed by atoms with Crippen LogP contribution in [0, 0.1) is 13.8 Å². The van der Waals surface area contributed by atoms with Gasteiger partial charge in [-0.15, -0.1) is 0 Å². The van der Waals surface area contributed by atoms with E-state index in [9.17, 15) is 57.8 Å². The van der Waals surface area contributed by atoms with Crippen LogP contribution in [0.2, 0.25) is 0 Å².